The highest BCUT2D eigenvalue weighted by atomic mass is 16.3. The molecule has 0 aromatic heterocycles. The van der Waals surface area contributed by atoms with E-state index in [-0.39, 0.29) is 28.7 Å². The Labute approximate surface area is 167 Å². The summed E-state index contributed by atoms with van der Waals surface area (Å²) in [6.45, 7) is 0. The Bertz CT molecular complexity index is 1200. The first-order valence-electron chi connectivity index (χ1n) is 9.16. The lowest BCUT2D eigenvalue weighted by Gasteiger charge is -2.15. The number of aromatic hydroxyl groups is 5. The van der Waals surface area contributed by atoms with Gasteiger partial charge < -0.3 is 25.5 Å². The number of benzene rings is 4. The summed E-state index contributed by atoms with van der Waals surface area (Å²) in [5.41, 5.74) is 2.93. The second kappa shape index (κ2) is 7.28. The molecule has 0 fully saturated rings. The SMILES string of the molecule is Oc1ccc(Cc2c(O)ccc3c(Cc4cccc(O)c4)cc(O)c(O)c23)cc1. The first kappa shape index (κ1) is 18.5. The van der Waals surface area contributed by atoms with E-state index in [2.05, 4.69) is 0 Å². The molecule has 0 aliphatic carbocycles. The molecular formula is C24H20O5. The topological polar surface area (TPSA) is 101 Å². The highest BCUT2D eigenvalue weighted by molar-refractivity contribution is 5.97. The standard InChI is InChI=1S/C24H20O5/c25-17-6-4-14(5-7-17)12-20-21(27)9-8-19-16(13-22(28)24(29)23(19)20)10-15-2-1-3-18(26)11-15/h1-9,11,13,25-29H,10,12H2. The molecule has 0 aliphatic rings. The maximum Gasteiger partial charge on any atom is 0.165 e. The van der Waals surface area contributed by atoms with E-state index in [0.717, 1.165) is 16.7 Å². The molecule has 4 rings (SSSR count). The normalized spacial score (nSPS) is 11.0. The summed E-state index contributed by atoms with van der Waals surface area (Å²) in [4.78, 5) is 0. The van der Waals surface area contributed by atoms with Crippen LogP contribution in [0.3, 0.4) is 0 Å². The summed E-state index contributed by atoms with van der Waals surface area (Å²) in [5.74, 6) is -0.255. The zero-order chi connectivity index (χ0) is 20.5. The van der Waals surface area contributed by atoms with E-state index < -0.39 is 0 Å². The van der Waals surface area contributed by atoms with Crippen molar-refractivity contribution in [1.82, 2.24) is 0 Å². The number of phenolic OH excluding ortho intramolecular Hbond substituents is 5. The van der Waals surface area contributed by atoms with Crippen molar-refractivity contribution in [2.24, 2.45) is 0 Å². The second-order valence-electron chi connectivity index (χ2n) is 7.08. The zero-order valence-electron chi connectivity index (χ0n) is 15.5. The maximum absolute atomic E-state index is 10.6. The van der Waals surface area contributed by atoms with Crippen LogP contribution in [0.5, 0.6) is 28.7 Å². The Kier molecular flexibility index (Phi) is 4.64. The highest BCUT2D eigenvalue weighted by Crippen LogP contribution is 2.42. The largest absolute Gasteiger partial charge is 0.508 e. The van der Waals surface area contributed by atoms with Gasteiger partial charge in [0.2, 0.25) is 0 Å². The molecule has 0 atom stereocenters. The molecule has 0 saturated carbocycles. The van der Waals surface area contributed by atoms with Crippen LogP contribution in [0.1, 0.15) is 22.3 Å². The average Bonchev–Trinajstić information content (AvgIpc) is 2.69. The summed E-state index contributed by atoms with van der Waals surface area (Å²) in [6, 6.07) is 18.2. The number of rotatable bonds is 4. The Morgan fingerprint density at radius 2 is 1.34 bits per heavy atom. The second-order valence-corrected chi connectivity index (χ2v) is 7.08. The number of hydrogen-bond acceptors (Lipinski definition) is 5. The van der Waals surface area contributed by atoms with E-state index in [1.807, 2.05) is 6.07 Å². The first-order chi connectivity index (χ1) is 13.9. The summed E-state index contributed by atoms with van der Waals surface area (Å²) in [7, 11) is 0. The third kappa shape index (κ3) is 3.62. The number of fused-ring (bicyclic) bond motifs is 1. The van der Waals surface area contributed by atoms with Crippen molar-refractivity contribution in [3.8, 4) is 28.7 Å². The van der Waals surface area contributed by atoms with E-state index in [1.165, 1.54) is 6.07 Å². The molecule has 0 saturated heterocycles. The maximum atomic E-state index is 10.6. The van der Waals surface area contributed by atoms with E-state index >= 15 is 0 Å². The predicted octanol–water partition coefficient (Wildman–Crippen LogP) is 4.55. The number of hydrogen-bond donors (Lipinski definition) is 5. The zero-order valence-corrected chi connectivity index (χ0v) is 15.5. The Hall–Kier alpha value is -3.86. The molecule has 0 heterocycles. The van der Waals surface area contributed by atoms with Crippen LogP contribution in [0.4, 0.5) is 0 Å². The molecule has 0 spiro atoms. The van der Waals surface area contributed by atoms with Gasteiger partial charge in [0.1, 0.15) is 17.2 Å². The molecule has 0 bridgehead atoms. The molecule has 4 aromatic carbocycles. The third-order valence-corrected chi connectivity index (χ3v) is 5.05. The van der Waals surface area contributed by atoms with Crippen LogP contribution in [-0.4, -0.2) is 25.5 Å². The Balaban J connectivity index is 1.87. The lowest BCUT2D eigenvalue weighted by Crippen LogP contribution is -1.96. The van der Waals surface area contributed by atoms with Gasteiger partial charge in [0.15, 0.2) is 11.5 Å². The van der Waals surface area contributed by atoms with Gasteiger partial charge in [-0.05, 0) is 64.9 Å². The Morgan fingerprint density at radius 1 is 0.586 bits per heavy atom. The molecule has 5 heteroatoms. The monoisotopic (exact) mass is 388 g/mol. The van der Waals surface area contributed by atoms with Gasteiger partial charge in [-0.25, -0.2) is 0 Å². The smallest absolute Gasteiger partial charge is 0.165 e. The van der Waals surface area contributed by atoms with Crippen molar-refractivity contribution >= 4 is 10.8 Å². The first-order valence-corrected chi connectivity index (χ1v) is 9.16. The van der Waals surface area contributed by atoms with Crippen molar-refractivity contribution < 1.29 is 25.5 Å². The van der Waals surface area contributed by atoms with Gasteiger partial charge >= 0.3 is 0 Å². The van der Waals surface area contributed by atoms with Gasteiger partial charge in [0, 0.05) is 17.4 Å². The van der Waals surface area contributed by atoms with Gasteiger partial charge in [0.05, 0.1) is 0 Å². The molecule has 0 amide bonds. The highest BCUT2D eigenvalue weighted by Gasteiger charge is 2.18. The number of phenols is 5. The Morgan fingerprint density at radius 3 is 2.07 bits per heavy atom. The predicted molar refractivity (Wildman–Crippen MR) is 111 cm³/mol. The molecule has 0 aliphatic heterocycles. The van der Waals surface area contributed by atoms with E-state index in [0.29, 0.717) is 29.2 Å². The molecule has 0 unspecified atom stereocenters. The van der Waals surface area contributed by atoms with Crippen LogP contribution in [0.25, 0.3) is 10.8 Å². The van der Waals surface area contributed by atoms with Crippen LogP contribution in [-0.2, 0) is 12.8 Å². The minimum absolute atomic E-state index is 0.00906. The van der Waals surface area contributed by atoms with Gasteiger partial charge in [-0.15, -0.1) is 0 Å². The van der Waals surface area contributed by atoms with Crippen molar-refractivity contribution in [2.75, 3.05) is 0 Å². The van der Waals surface area contributed by atoms with E-state index in [4.69, 9.17) is 0 Å². The lowest BCUT2D eigenvalue weighted by atomic mass is 9.91. The van der Waals surface area contributed by atoms with Crippen LogP contribution < -0.4 is 0 Å². The van der Waals surface area contributed by atoms with Gasteiger partial charge in [-0.1, -0.05) is 30.3 Å². The molecular weight excluding hydrogens is 368 g/mol. The van der Waals surface area contributed by atoms with E-state index in [9.17, 15) is 25.5 Å². The van der Waals surface area contributed by atoms with Crippen molar-refractivity contribution in [2.45, 2.75) is 12.8 Å². The molecule has 4 aromatic rings. The quantitative estimate of drug-likeness (QED) is 0.330. The molecule has 0 radical (unpaired) electrons. The van der Waals surface area contributed by atoms with Crippen LogP contribution >= 0.6 is 0 Å². The third-order valence-electron chi connectivity index (χ3n) is 5.05. The van der Waals surface area contributed by atoms with Gasteiger partial charge in [0.25, 0.3) is 0 Å². The summed E-state index contributed by atoms with van der Waals surface area (Å²) >= 11 is 0. The minimum atomic E-state index is -0.288. The summed E-state index contributed by atoms with van der Waals surface area (Å²) in [5, 5.41) is 51.7. The molecule has 5 N–H and O–H groups in total. The molecule has 146 valence electrons. The van der Waals surface area contributed by atoms with Crippen LogP contribution in [0.15, 0.2) is 66.7 Å². The van der Waals surface area contributed by atoms with Crippen molar-refractivity contribution in [3.63, 3.8) is 0 Å². The fraction of sp³-hybridized carbons (Fsp3) is 0.0833. The van der Waals surface area contributed by atoms with Crippen molar-refractivity contribution in [1.29, 1.82) is 0 Å². The summed E-state index contributed by atoms with van der Waals surface area (Å²) < 4.78 is 0. The van der Waals surface area contributed by atoms with Crippen molar-refractivity contribution in [3.05, 3.63) is 89.0 Å². The summed E-state index contributed by atoms with van der Waals surface area (Å²) in [6.07, 6.45) is 0.744. The van der Waals surface area contributed by atoms with E-state index in [1.54, 1.807) is 54.6 Å². The molecule has 5 nitrogen and oxygen atoms in total. The van der Waals surface area contributed by atoms with Gasteiger partial charge in [-0.2, -0.15) is 0 Å². The van der Waals surface area contributed by atoms with Crippen LogP contribution in [0, 0.1) is 0 Å². The van der Waals surface area contributed by atoms with Crippen LogP contribution in [0.2, 0.25) is 0 Å². The minimum Gasteiger partial charge on any atom is -0.508 e. The lowest BCUT2D eigenvalue weighted by molar-refractivity contribution is 0.407. The van der Waals surface area contributed by atoms with Gasteiger partial charge in [-0.3, -0.25) is 0 Å². The fourth-order valence-electron chi connectivity index (χ4n) is 3.64. The molecule has 29 heavy (non-hydrogen) atoms. The average molecular weight is 388 g/mol. The fourth-order valence-corrected chi connectivity index (χ4v) is 3.64.